The van der Waals surface area contributed by atoms with Gasteiger partial charge in [0.15, 0.2) is 0 Å². The topological polar surface area (TPSA) is 57.5 Å². The van der Waals surface area contributed by atoms with Crippen molar-refractivity contribution >= 4 is 23.2 Å². The van der Waals surface area contributed by atoms with E-state index in [9.17, 15) is 22.8 Å². The first-order valence-corrected chi connectivity index (χ1v) is 12.4. The highest BCUT2D eigenvalue weighted by molar-refractivity contribution is 5.99. The second-order valence-electron chi connectivity index (χ2n) is 10.3. The lowest BCUT2D eigenvalue weighted by molar-refractivity contribution is -0.274. The van der Waals surface area contributed by atoms with Gasteiger partial charge < -0.3 is 18.8 Å². The number of aldehydes is 1. The molecule has 1 aromatic heterocycles. The van der Waals surface area contributed by atoms with E-state index < -0.39 is 17.7 Å². The molecule has 3 aromatic rings. The summed E-state index contributed by atoms with van der Waals surface area (Å²) in [6, 6.07) is 10.2. The number of hydrogen-bond donors (Lipinski definition) is 0. The number of rotatable bonds is 4. The van der Waals surface area contributed by atoms with Crippen LogP contribution < -0.4 is 4.74 Å². The zero-order valence-electron chi connectivity index (χ0n) is 19.9. The lowest BCUT2D eigenvalue weighted by Gasteiger charge is -2.24. The van der Waals surface area contributed by atoms with E-state index in [-0.39, 0.29) is 17.6 Å². The monoisotopic (exact) mass is 497 g/mol. The third-order valence-electron chi connectivity index (χ3n) is 8.24. The molecule has 1 aliphatic heterocycles. The van der Waals surface area contributed by atoms with Gasteiger partial charge >= 0.3 is 12.3 Å². The van der Waals surface area contributed by atoms with Gasteiger partial charge in [-0.05, 0) is 48.9 Å². The average molecular weight is 498 g/mol. The zero-order valence-corrected chi connectivity index (χ0v) is 19.9. The summed E-state index contributed by atoms with van der Waals surface area (Å²) in [5.74, 6) is -0.821. The van der Waals surface area contributed by atoms with Crippen molar-refractivity contribution in [2.45, 2.75) is 63.3 Å². The number of aromatic nitrogens is 1. The fourth-order valence-corrected chi connectivity index (χ4v) is 6.55. The van der Waals surface area contributed by atoms with Gasteiger partial charge in [0.25, 0.3) is 0 Å². The number of benzene rings is 2. The van der Waals surface area contributed by atoms with Crippen molar-refractivity contribution in [2.24, 2.45) is 5.41 Å². The maximum absolute atomic E-state index is 13.4. The molecule has 2 aliphatic carbocycles. The fraction of sp³-hybridized carbons (Fsp3) is 0.429. The van der Waals surface area contributed by atoms with Crippen LogP contribution in [-0.2, 0) is 16.1 Å². The fourth-order valence-electron chi connectivity index (χ4n) is 6.55. The molecule has 2 saturated carbocycles. The smallest absolute Gasteiger partial charge is 0.465 e. The van der Waals surface area contributed by atoms with Crippen molar-refractivity contribution in [2.75, 3.05) is 7.11 Å². The predicted molar refractivity (Wildman–Crippen MR) is 127 cm³/mol. The van der Waals surface area contributed by atoms with Crippen LogP contribution in [0, 0.1) is 5.41 Å². The van der Waals surface area contributed by atoms with Gasteiger partial charge in [0, 0.05) is 34.5 Å². The Kier molecular flexibility index (Phi) is 5.21. The van der Waals surface area contributed by atoms with Crippen LogP contribution in [0.25, 0.3) is 22.2 Å². The van der Waals surface area contributed by atoms with Crippen molar-refractivity contribution in [1.82, 2.24) is 4.57 Å². The van der Waals surface area contributed by atoms with Gasteiger partial charge in [-0.1, -0.05) is 37.5 Å². The Morgan fingerprint density at radius 1 is 1.11 bits per heavy atom. The Balaban J connectivity index is 1.68. The molecule has 0 spiro atoms. The van der Waals surface area contributed by atoms with E-state index in [1.54, 1.807) is 18.2 Å². The summed E-state index contributed by atoms with van der Waals surface area (Å²) in [6.45, 7) is 0.338. The van der Waals surface area contributed by atoms with E-state index in [2.05, 4.69) is 9.30 Å². The summed E-state index contributed by atoms with van der Waals surface area (Å²) in [7, 11) is 1.33. The molecular weight excluding hydrogens is 471 g/mol. The summed E-state index contributed by atoms with van der Waals surface area (Å²) in [4.78, 5) is 24.8. The van der Waals surface area contributed by atoms with Gasteiger partial charge in [0.1, 0.15) is 12.0 Å². The number of ether oxygens (including phenoxy) is 2. The van der Waals surface area contributed by atoms with Crippen molar-refractivity contribution in [1.29, 1.82) is 0 Å². The lowest BCUT2D eigenvalue weighted by atomic mass is 9.81. The van der Waals surface area contributed by atoms with Crippen LogP contribution in [-0.4, -0.2) is 30.3 Å². The first-order valence-electron chi connectivity index (χ1n) is 12.4. The van der Waals surface area contributed by atoms with Crippen LogP contribution in [0.4, 0.5) is 13.2 Å². The molecule has 2 atom stereocenters. The lowest BCUT2D eigenvalue weighted by Crippen LogP contribution is -2.18. The molecule has 3 aliphatic rings. The minimum atomic E-state index is -4.84. The van der Waals surface area contributed by atoms with Crippen LogP contribution in [0.1, 0.15) is 71.8 Å². The van der Waals surface area contributed by atoms with Crippen molar-refractivity contribution in [3.8, 4) is 17.0 Å². The number of halogens is 3. The molecule has 0 saturated heterocycles. The highest BCUT2D eigenvalue weighted by atomic mass is 19.4. The number of hydrogen-bond acceptors (Lipinski definition) is 4. The minimum Gasteiger partial charge on any atom is -0.465 e. The van der Waals surface area contributed by atoms with Crippen LogP contribution in [0.2, 0.25) is 0 Å². The third kappa shape index (κ3) is 3.52. The quantitative estimate of drug-likeness (QED) is 0.296. The van der Waals surface area contributed by atoms with Crippen molar-refractivity contribution in [3.63, 3.8) is 0 Å². The van der Waals surface area contributed by atoms with E-state index in [0.29, 0.717) is 29.7 Å². The van der Waals surface area contributed by atoms with Crippen LogP contribution >= 0.6 is 0 Å². The molecular formula is C28H26F3NO4. The second kappa shape index (κ2) is 8.11. The van der Waals surface area contributed by atoms with Crippen LogP contribution in [0.15, 0.2) is 36.4 Å². The first kappa shape index (κ1) is 23.1. The highest BCUT2D eigenvalue weighted by Crippen LogP contribution is 2.65. The second-order valence-corrected chi connectivity index (χ2v) is 10.3. The van der Waals surface area contributed by atoms with Crippen LogP contribution in [0.5, 0.6) is 5.75 Å². The van der Waals surface area contributed by atoms with E-state index in [4.69, 9.17) is 4.74 Å². The van der Waals surface area contributed by atoms with Gasteiger partial charge in [0.05, 0.1) is 23.8 Å². The molecule has 188 valence electrons. The SMILES string of the molecule is COC(=O)c1ccc2c(C3CCCCC3)c3n(c2c1)CC1(C=O)CC1c1c(OC(F)(F)F)cccc1-3. The van der Waals surface area contributed by atoms with Gasteiger partial charge in [-0.25, -0.2) is 4.79 Å². The molecule has 0 bridgehead atoms. The number of alkyl halides is 3. The maximum atomic E-state index is 13.4. The van der Waals surface area contributed by atoms with Crippen molar-refractivity contribution in [3.05, 3.63) is 53.1 Å². The first-order chi connectivity index (χ1) is 17.3. The standard InChI is InChI=1S/C28H26F3NO4/c1-35-26(34)17-10-11-18-21(12-17)32-14-27(15-33)13-20(27)24-19(8-5-9-22(24)36-28(29,30)31)25(32)23(18)16-6-3-2-4-7-16/h5,8-12,15-16,20H,2-4,6-7,13-14H2,1H3. The van der Waals surface area contributed by atoms with E-state index in [1.807, 2.05) is 12.1 Å². The summed E-state index contributed by atoms with van der Waals surface area (Å²) in [5.41, 5.74) is 3.45. The van der Waals surface area contributed by atoms with E-state index >= 15 is 0 Å². The summed E-state index contributed by atoms with van der Waals surface area (Å²) in [6.07, 6.45) is 1.81. The molecule has 2 aromatic carbocycles. The Labute approximate surface area is 206 Å². The van der Waals surface area contributed by atoms with Gasteiger partial charge in [-0.15, -0.1) is 13.2 Å². The third-order valence-corrected chi connectivity index (χ3v) is 8.24. The summed E-state index contributed by atoms with van der Waals surface area (Å²) >= 11 is 0. The molecule has 0 radical (unpaired) electrons. The Hall–Kier alpha value is -3.29. The van der Waals surface area contributed by atoms with Gasteiger partial charge in [-0.2, -0.15) is 0 Å². The van der Waals surface area contributed by atoms with E-state index in [1.165, 1.54) is 13.2 Å². The van der Waals surface area contributed by atoms with Gasteiger partial charge in [-0.3, -0.25) is 0 Å². The average Bonchev–Trinajstić information content (AvgIpc) is 3.51. The number of nitrogens with zero attached hydrogens (tertiary/aromatic N) is 1. The predicted octanol–water partition coefficient (Wildman–Crippen LogP) is 6.73. The molecule has 6 rings (SSSR count). The highest BCUT2D eigenvalue weighted by Gasteiger charge is 2.59. The molecule has 5 nitrogen and oxygen atoms in total. The molecule has 2 heterocycles. The Morgan fingerprint density at radius 3 is 2.58 bits per heavy atom. The van der Waals surface area contributed by atoms with Crippen molar-refractivity contribution < 1.29 is 32.2 Å². The molecule has 36 heavy (non-hydrogen) atoms. The zero-order chi connectivity index (χ0) is 25.2. The number of methoxy groups -OCH3 is 1. The number of fused-ring (bicyclic) bond motifs is 7. The Morgan fingerprint density at radius 2 is 1.89 bits per heavy atom. The maximum Gasteiger partial charge on any atom is 0.573 e. The molecule has 0 N–H and O–H groups in total. The minimum absolute atomic E-state index is 0.239. The van der Waals surface area contributed by atoms with Gasteiger partial charge in [0.2, 0.25) is 0 Å². The largest absolute Gasteiger partial charge is 0.573 e. The Bertz CT molecular complexity index is 1390. The summed E-state index contributed by atoms with van der Waals surface area (Å²) in [5, 5.41) is 0.970. The molecule has 2 unspecified atom stereocenters. The van der Waals surface area contributed by atoms with Crippen LogP contribution in [0.3, 0.4) is 0 Å². The molecule has 8 heteroatoms. The van der Waals surface area contributed by atoms with E-state index in [0.717, 1.165) is 60.6 Å². The number of esters is 1. The normalized spacial score (nSPS) is 23.3. The number of carbonyl (C=O) groups excluding carboxylic acids is 2. The number of carbonyl (C=O) groups is 2. The summed E-state index contributed by atoms with van der Waals surface area (Å²) < 4.78 is 51.6. The molecule has 2 fully saturated rings. The molecule has 0 amide bonds.